The summed E-state index contributed by atoms with van der Waals surface area (Å²) in [5.74, 6) is -0.0718. The van der Waals surface area contributed by atoms with Crippen LogP contribution in [-0.4, -0.2) is 39.5 Å². The van der Waals surface area contributed by atoms with Crippen molar-refractivity contribution < 1.29 is 18.1 Å². The third-order valence-corrected chi connectivity index (χ3v) is 6.97. The van der Waals surface area contributed by atoms with E-state index in [1.54, 1.807) is 26.0 Å². The molecule has 2 atom stereocenters. The number of amides is 1. The molecule has 7 heteroatoms. The van der Waals surface area contributed by atoms with Gasteiger partial charge in [-0.3, -0.25) is 4.79 Å². The van der Waals surface area contributed by atoms with Crippen LogP contribution in [-0.2, 0) is 14.8 Å². The van der Waals surface area contributed by atoms with Gasteiger partial charge in [0.1, 0.15) is 0 Å². The molecule has 0 fully saturated rings. The number of hydrogen-bond acceptors (Lipinski definition) is 3. The van der Waals surface area contributed by atoms with Gasteiger partial charge in [-0.05, 0) is 62.2 Å². The van der Waals surface area contributed by atoms with Crippen molar-refractivity contribution in [1.82, 2.24) is 4.72 Å². The molecule has 160 valence electrons. The van der Waals surface area contributed by atoms with Gasteiger partial charge < -0.3 is 10.2 Å². The van der Waals surface area contributed by atoms with Gasteiger partial charge in [0, 0.05) is 18.2 Å². The van der Waals surface area contributed by atoms with E-state index >= 15 is 0 Å². The van der Waals surface area contributed by atoms with Crippen LogP contribution in [0.5, 0.6) is 0 Å². The number of hydrogen-bond donors (Lipinski definition) is 3. The lowest BCUT2D eigenvalue weighted by atomic mass is 9.99. The molecular weight excluding hydrogens is 398 g/mol. The molecule has 0 radical (unpaired) electrons. The van der Waals surface area contributed by atoms with E-state index in [1.165, 1.54) is 28.2 Å². The highest BCUT2D eigenvalue weighted by molar-refractivity contribution is 7.89. The van der Waals surface area contributed by atoms with Crippen molar-refractivity contribution in [2.75, 3.05) is 18.4 Å². The minimum atomic E-state index is -3.54. The lowest BCUT2D eigenvalue weighted by molar-refractivity contribution is -0.909. The Morgan fingerprint density at radius 2 is 1.67 bits per heavy atom. The van der Waals surface area contributed by atoms with E-state index in [0.717, 1.165) is 19.5 Å². The Hall–Kier alpha value is -2.48. The van der Waals surface area contributed by atoms with Gasteiger partial charge in [0.25, 0.3) is 5.91 Å². The van der Waals surface area contributed by atoms with E-state index in [-0.39, 0.29) is 22.9 Å². The van der Waals surface area contributed by atoms with Crippen molar-refractivity contribution in [2.45, 2.75) is 44.2 Å². The maximum absolute atomic E-state index is 12.7. The zero-order chi connectivity index (χ0) is 21.7. The van der Waals surface area contributed by atoms with Crippen molar-refractivity contribution in [3.8, 4) is 0 Å². The third kappa shape index (κ3) is 5.56. The molecule has 3 rings (SSSR count). The summed E-state index contributed by atoms with van der Waals surface area (Å²) in [6.45, 7) is 7.17. The molecule has 1 unspecified atom stereocenters. The quantitative estimate of drug-likeness (QED) is 0.632. The fraction of sp³-hybridized carbons (Fsp3) is 0.348. The summed E-state index contributed by atoms with van der Waals surface area (Å²) in [6, 6.07) is 16.2. The summed E-state index contributed by atoms with van der Waals surface area (Å²) in [6.07, 6.45) is 3.16. The van der Waals surface area contributed by atoms with Crippen LogP contribution in [0.25, 0.3) is 5.57 Å². The molecule has 0 bridgehead atoms. The molecule has 0 aromatic heterocycles. The molecule has 30 heavy (non-hydrogen) atoms. The summed E-state index contributed by atoms with van der Waals surface area (Å²) in [5.41, 5.74) is 3.17. The molecule has 1 aliphatic rings. The van der Waals surface area contributed by atoms with Gasteiger partial charge in [-0.25, -0.2) is 13.1 Å². The molecule has 0 saturated heterocycles. The number of sulfonamides is 1. The van der Waals surface area contributed by atoms with Crippen molar-refractivity contribution in [2.24, 2.45) is 0 Å². The second-order valence-electron chi connectivity index (χ2n) is 7.97. The van der Waals surface area contributed by atoms with Crippen LogP contribution in [0.4, 0.5) is 5.69 Å². The minimum Gasteiger partial charge on any atom is -0.321 e. The van der Waals surface area contributed by atoms with Gasteiger partial charge >= 0.3 is 0 Å². The van der Waals surface area contributed by atoms with E-state index in [1.807, 2.05) is 25.1 Å². The highest BCUT2D eigenvalue weighted by Crippen LogP contribution is 2.18. The van der Waals surface area contributed by atoms with Gasteiger partial charge in [-0.2, -0.15) is 0 Å². The normalized spacial score (nSPS) is 18.0. The Labute approximate surface area is 179 Å². The van der Waals surface area contributed by atoms with E-state index in [0.29, 0.717) is 5.69 Å². The molecule has 1 heterocycles. The summed E-state index contributed by atoms with van der Waals surface area (Å²) >= 11 is 0. The number of quaternary nitrogens is 1. The topological polar surface area (TPSA) is 79.7 Å². The number of nitrogens with one attached hydrogen (secondary N) is 3. The van der Waals surface area contributed by atoms with Crippen LogP contribution in [0.2, 0.25) is 0 Å². The van der Waals surface area contributed by atoms with Gasteiger partial charge in [0.05, 0.1) is 18.0 Å². The van der Waals surface area contributed by atoms with Crippen LogP contribution in [0, 0.1) is 0 Å². The standard InChI is InChI=1S/C23H29N3O3S/c1-17(2)25-30(28,29)22-11-9-21(10-12-22)24-23(27)18(3)26-15-13-20(14-16-26)19-7-5-4-6-8-19/h4-13,17-18,25H,14-16H2,1-3H3,(H,24,27)/p+1/t18-/m0/s1. The molecule has 0 aliphatic carbocycles. The van der Waals surface area contributed by atoms with Crippen molar-refractivity contribution in [3.05, 3.63) is 66.2 Å². The Bertz CT molecular complexity index is 1000. The van der Waals surface area contributed by atoms with Gasteiger partial charge in [0.15, 0.2) is 6.04 Å². The van der Waals surface area contributed by atoms with Crippen molar-refractivity contribution >= 4 is 27.2 Å². The van der Waals surface area contributed by atoms with Crippen LogP contribution in [0.15, 0.2) is 65.6 Å². The van der Waals surface area contributed by atoms with Gasteiger partial charge in [0.2, 0.25) is 10.0 Å². The summed E-state index contributed by atoms with van der Waals surface area (Å²) in [7, 11) is -3.54. The summed E-state index contributed by atoms with van der Waals surface area (Å²) in [4.78, 5) is 14.1. The van der Waals surface area contributed by atoms with Gasteiger partial charge in [-0.1, -0.05) is 30.3 Å². The predicted molar refractivity (Wildman–Crippen MR) is 120 cm³/mol. The average molecular weight is 429 g/mol. The Kier molecular flexibility index (Phi) is 7.07. The summed E-state index contributed by atoms with van der Waals surface area (Å²) < 4.78 is 27.0. The maximum atomic E-state index is 12.7. The predicted octanol–water partition coefficient (Wildman–Crippen LogP) is 2.07. The Morgan fingerprint density at radius 3 is 2.23 bits per heavy atom. The van der Waals surface area contributed by atoms with Crippen molar-refractivity contribution in [1.29, 1.82) is 0 Å². The number of carbonyl (C=O) groups is 1. The Balaban J connectivity index is 1.59. The monoisotopic (exact) mass is 428 g/mol. The molecule has 6 nitrogen and oxygen atoms in total. The first-order valence-electron chi connectivity index (χ1n) is 10.3. The average Bonchev–Trinajstić information content (AvgIpc) is 2.73. The maximum Gasteiger partial charge on any atom is 0.282 e. The van der Waals surface area contributed by atoms with E-state index in [4.69, 9.17) is 0 Å². The Morgan fingerprint density at radius 1 is 1.00 bits per heavy atom. The fourth-order valence-corrected chi connectivity index (χ4v) is 4.84. The number of carbonyl (C=O) groups excluding carboxylic acids is 1. The minimum absolute atomic E-state index is 0.0718. The first-order chi connectivity index (χ1) is 14.3. The van der Waals surface area contributed by atoms with Crippen LogP contribution in [0.1, 0.15) is 32.8 Å². The number of anilines is 1. The first kappa shape index (κ1) is 22.2. The SMILES string of the molecule is CC(C)NS(=O)(=O)c1ccc(NC(=O)[C@H](C)[NH+]2CC=C(c3ccccc3)CC2)cc1. The molecule has 0 saturated carbocycles. The second-order valence-corrected chi connectivity index (χ2v) is 9.68. The molecule has 2 aromatic carbocycles. The lowest BCUT2D eigenvalue weighted by Gasteiger charge is -2.28. The van der Waals surface area contributed by atoms with Gasteiger partial charge in [-0.15, -0.1) is 0 Å². The molecular formula is C23H30N3O3S+. The number of benzene rings is 2. The van der Waals surface area contributed by atoms with Crippen molar-refractivity contribution in [3.63, 3.8) is 0 Å². The zero-order valence-corrected chi connectivity index (χ0v) is 18.5. The van der Waals surface area contributed by atoms with E-state index < -0.39 is 10.0 Å². The van der Waals surface area contributed by atoms with E-state index in [9.17, 15) is 13.2 Å². The summed E-state index contributed by atoms with van der Waals surface area (Å²) in [5, 5.41) is 2.91. The molecule has 0 spiro atoms. The van der Waals surface area contributed by atoms with E-state index in [2.05, 4.69) is 28.2 Å². The third-order valence-electron chi connectivity index (χ3n) is 5.30. The highest BCUT2D eigenvalue weighted by Gasteiger charge is 2.27. The lowest BCUT2D eigenvalue weighted by Crippen LogP contribution is -3.17. The first-order valence-corrected chi connectivity index (χ1v) is 11.8. The largest absolute Gasteiger partial charge is 0.321 e. The molecule has 2 aromatic rings. The zero-order valence-electron chi connectivity index (χ0n) is 17.7. The number of rotatable bonds is 7. The van der Waals surface area contributed by atoms with Crippen LogP contribution < -0.4 is 14.9 Å². The molecule has 1 aliphatic heterocycles. The highest BCUT2D eigenvalue weighted by atomic mass is 32.2. The smallest absolute Gasteiger partial charge is 0.282 e. The van der Waals surface area contributed by atoms with Crippen LogP contribution in [0.3, 0.4) is 0 Å². The molecule has 3 N–H and O–H groups in total. The van der Waals surface area contributed by atoms with Crippen LogP contribution >= 0.6 is 0 Å². The second kappa shape index (κ2) is 9.55. The fourth-order valence-electron chi connectivity index (χ4n) is 3.59. The molecule has 1 amide bonds.